The van der Waals surface area contributed by atoms with Crippen molar-refractivity contribution in [3.8, 4) is 5.75 Å². The molecule has 0 unspecified atom stereocenters. The lowest BCUT2D eigenvalue weighted by atomic mass is 9.86. The van der Waals surface area contributed by atoms with E-state index in [9.17, 15) is 0 Å². The predicted octanol–water partition coefficient (Wildman–Crippen LogP) is 3.07. The second kappa shape index (κ2) is 7.98. The van der Waals surface area contributed by atoms with E-state index >= 15 is 0 Å². The molecule has 1 fully saturated rings. The second-order valence-corrected chi connectivity index (χ2v) is 5.86. The van der Waals surface area contributed by atoms with Gasteiger partial charge in [-0.05, 0) is 43.1 Å². The first kappa shape index (κ1) is 15.8. The number of rotatable bonds is 4. The first-order valence-corrected chi connectivity index (χ1v) is 7.84. The summed E-state index contributed by atoms with van der Waals surface area (Å²) in [6.45, 7) is 2.28. The van der Waals surface area contributed by atoms with Gasteiger partial charge in [0.25, 0.3) is 0 Å². The summed E-state index contributed by atoms with van der Waals surface area (Å²) >= 11 is 5.30. The highest BCUT2D eigenvalue weighted by Crippen LogP contribution is 2.23. The minimum Gasteiger partial charge on any atom is -0.496 e. The van der Waals surface area contributed by atoms with Crippen LogP contribution in [0.2, 0.25) is 0 Å². The van der Waals surface area contributed by atoms with Gasteiger partial charge in [-0.2, -0.15) is 5.10 Å². The lowest BCUT2D eigenvalue weighted by Gasteiger charge is -2.30. The van der Waals surface area contributed by atoms with Crippen molar-refractivity contribution < 1.29 is 4.74 Å². The van der Waals surface area contributed by atoms with Crippen LogP contribution in [-0.2, 0) is 0 Å². The van der Waals surface area contributed by atoms with Crippen molar-refractivity contribution >= 4 is 23.5 Å². The van der Waals surface area contributed by atoms with E-state index < -0.39 is 0 Å². The zero-order valence-electron chi connectivity index (χ0n) is 12.6. The Labute approximate surface area is 132 Å². The fourth-order valence-corrected chi connectivity index (χ4v) is 2.87. The zero-order valence-corrected chi connectivity index (χ0v) is 13.5. The van der Waals surface area contributed by atoms with Gasteiger partial charge in [-0.3, -0.25) is 5.43 Å². The maximum Gasteiger partial charge on any atom is 0.187 e. The minimum absolute atomic E-state index is 0.459. The van der Waals surface area contributed by atoms with Gasteiger partial charge in [0.05, 0.1) is 13.3 Å². The number of hydrogen-bond acceptors (Lipinski definition) is 3. The SMILES string of the molecule is COc1ccccc1/C=N\NC(=S)N[C@H]1CCCC[C@H]1C. The van der Waals surface area contributed by atoms with Crippen LogP contribution in [0.1, 0.15) is 38.2 Å². The van der Waals surface area contributed by atoms with Crippen LogP contribution in [0.3, 0.4) is 0 Å². The number of benzene rings is 1. The standard InChI is InChI=1S/C16H23N3OS/c1-12-7-3-5-9-14(12)18-16(21)19-17-11-13-8-4-6-10-15(13)20-2/h4,6,8,10-12,14H,3,5,7,9H2,1-2H3,(H2,18,19,21)/b17-11-/t12-,14+/m1/s1. The highest BCUT2D eigenvalue weighted by atomic mass is 32.1. The Balaban J connectivity index is 1.84. The molecule has 0 saturated heterocycles. The number of ether oxygens (including phenoxy) is 1. The van der Waals surface area contributed by atoms with E-state index in [0.717, 1.165) is 11.3 Å². The third-order valence-electron chi connectivity index (χ3n) is 3.94. The summed E-state index contributed by atoms with van der Waals surface area (Å²) in [4.78, 5) is 0. The highest BCUT2D eigenvalue weighted by molar-refractivity contribution is 7.80. The molecule has 5 heteroatoms. The van der Waals surface area contributed by atoms with Gasteiger partial charge >= 0.3 is 0 Å². The van der Waals surface area contributed by atoms with Gasteiger partial charge in [-0.25, -0.2) is 0 Å². The Hall–Kier alpha value is -1.62. The summed E-state index contributed by atoms with van der Waals surface area (Å²) in [6.07, 6.45) is 6.77. The Morgan fingerprint density at radius 2 is 2.10 bits per heavy atom. The van der Waals surface area contributed by atoms with E-state index in [2.05, 4.69) is 22.8 Å². The van der Waals surface area contributed by atoms with E-state index in [1.165, 1.54) is 25.7 Å². The first-order chi connectivity index (χ1) is 10.2. The van der Waals surface area contributed by atoms with Gasteiger partial charge in [0, 0.05) is 11.6 Å². The Morgan fingerprint density at radius 1 is 1.33 bits per heavy atom. The Bertz CT molecular complexity index is 504. The van der Waals surface area contributed by atoms with Crippen LogP contribution in [0.25, 0.3) is 0 Å². The average molecular weight is 305 g/mol. The Morgan fingerprint density at radius 3 is 2.86 bits per heavy atom. The number of methoxy groups -OCH3 is 1. The quantitative estimate of drug-likeness (QED) is 0.510. The molecule has 0 aromatic heterocycles. The normalized spacial score (nSPS) is 22.0. The van der Waals surface area contributed by atoms with Crippen LogP contribution in [-0.4, -0.2) is 24.5 Å². The molecule has 2 N–H and O–H groups in total. The molecule has 21 heavy (non-hydrogen) atoms. The summed E-state index contributed by atoms with van der Waals surface area (Å²) in [5.41, 5.74) is 3.80. The molecule has 0 amide bonds. The lowest BCUT2D eigenvalue weighted by molar-refractivity contribution is 0.308. The minimum atomic E-state index is 0.459. The number of hydrazone groups is 1. The summed E-state index contributed by atoms with van der Waals surface area (Å²) < 4.78 is 5.27. The fourth-order valence-electron chi connectivity index (χ4n) is 2.66. The van der Waals surface area contributed by atoms with Crippen molar-refractivity contribution in [2.75, 3.05) is 7.11 Å². The number of nitrogens with zero attached hydrogens (tertiary/aromatic N) is 1. The molecule has 0 heterocycles. The van der Waals surface area contributed by atoms with Crippen molar-refractivity contribution in [2.45, 2.75) is 38.6 Å². The average Bonchev–Trinajstić information content (AvgIpc) is 2.50. The summed E-state index contributed by atoms with van der Waals surface area (Å²) in [5, 5.41) is 8.12. The van der Waals surface area contributed by atoms with Crippen molar-refractivity contribution in [3.63, 3.8) is 0 Å². The molecule has 0 aliphatic heterocycles. The van der Waals surface area contributed by atoms with E-state index in [1.807, 2.05) is 24.3 Å². The van der Waals surface area contributed by atoms with Crippen LogP contribution in [0, 0.1) is 5.92 Å². The molecule has 1 aromatic rings. The molecule has 114 valence electrons. The third-order valence-corrected chi connectivity index (χ3v) is 4.15. The molecule has 0 bridgehead atoms. The smallest absolute Gasteiger partial charge is 0.187 e. The fraction of sp³-hybridized carbons (Fsp3) is 0.500. The van der Waals surface area contributed by atoms with Crippen molar-refractivity contribution in [1.29, 1.82) is 0 Å². The monoisotopic (exact) mass is 305 g/mol. The molecule has 1 aliphatic carbocycles. The molecule has 4 nitrogen and oxygen atoms in total. The third kappa shape index (κ3) is 4.70. The van der Waals surface area contributed by atoms with Gasteiger partial charge in [-0.15, -0.1) is 0 Å². The topological polar surface area (TPSA) is 45.6 Å². The number of hydrogen-bond donors (Lipinski definition) is 2. The summed E-state index contributed by atoms with van der Waals surface area (Å²) in [6, 6.07) is 8.19. The maximum absolute atomic E-state index is 5.30. The molecule has 0 radical (unpaired) electrons. The van der Waals surface area contributed by atoms with Gasteiger partial charge in [0.1, 0.15) is 5.75 Å². The highest BCUT2D eigenvalue weighted by Gasteiger charge is 2.21. The molecule has 1 aliphatic rings. The summed E-state index contributed by atoms with van der Waals surface area (Å²) in [5.74, 6) is 1.46. The lowest BCUT2D eigenvalue weighted by Crippen LogP contribution is -2.44. The first-order valence-electron chi connectivity index (χ1n) is 7.43. The maximum atomic E-state index is 5.30. The molecule has 1 aromatic carbocycles. The van der Waals surface area contributed by atoms with Crippen LogP contribution < -0.4 is 15.5 Å². The summed E-state index contributed by atoms with van der Waals surface area (Å²) in [7, 11) is 1.65. The van der Waals surface area contributed by atoms with Crippen LogP contribution >= 0.6 is 12.2 Å². The number of thiocarbonyl (C=S) groups is 1. The van der Waals surface area contributed by atoms with Gasteiger partial charge < -0.3 is 10.1 Å². The second-order valence-electron chi connectivity index (χ2n) is 5.45. The number of nitrogens with one attached hydrogen (secondary N) is 2. The van der Waals surface area contributed by atoms with E-state index in [1.54, 1.807) is 13.3 Å². The molecule has 1 saturated carbocycles. The van der Waals surface area contributed by atoms with E-state index in [0.29, 0.717) is 17.1 Å². The van der Waals surface area contributed by atoms with Gasteiger partial charge in [-0.1, -0.05) is 31.9 Å². The van der Waals surface area contributed by atoms with Crippen molar-refractivity contribution in [2.24, 2.45) is 11.0 Å². The van der Waals surface area contributed by atoms with Crippen LogP contribution in [0.4, 0.5) is 0 Å². The van der Waals surface area contributed by atoms with Gasteiger partial charge in [0.15, 0.2) is 5.11 Å². The molecular weight excluding hydrogens is 282 g/mol. The van der Waals surface area contributed by atoms with Crippen LogP contribution in [0.15, 0.2) is 29.4 Å². The zero-order chi connectivity index (χ0) is 15.1. The van der Waals surface area contributed by atoms with E-state index in [4.69, 9.17) is 17.0 Å². The molecular formula is C16H23N3OS. The predicted molar refractivity (Wildman–Crippen MR) is 90.9 cm³/mol. The van der Waals surface area contributed by atoms with Crippen molar-refractivity contribution in [1.82, 2.24) is 10.7 Å². The molecule has 0 spiro atoms. The Kier molecular flexibility index (Phi) is 5.99. The van der Waals surface area contributed by atoms with Crippen molar-refractivity contribution in [3.05, 3.63) is 29.8 Å². The largest absolute Gasteiger partial charge is 0.496 e. The molecule has 2 atom stereocenters. The number of para-hydroxylation sites is 1. The van der Waals surface area contributed by atoms with Gasteiger partial charge in [0.2, 0.25) is 0 Å². The van der Waals surface area contributed by atoms with Crippen LogP contribution in [0.5, 0.6) is 5.75 Å². The molecule has 2 rings (SSSR count). The van der Waals surface area contributed by atoms with E-state index in [-0.39, 0.29) is 0 Å².